The molecule has 4 nitrogen and oxygen atoms in total. The van der Waals surface area contributed by atoms with Crippen LogP contribution in [0.2, 0.25) is 0 Å². The lowest BCUT2D eigenvalue weighted by atomic mass is 10.2. The fraction of sp³-hybridized carbons (Fsp3) is 0.562. The monoisotopic (exact) mass is 354 g/mol. The number of halogens is 1. The molecule has 1 N–H and O–H groups in total. The standard InChI is InChI=1S/C16H23BrN2O2/c1-2-7-18-11-13-5-6-15(14(17)10-13)21-12-16(20)19-8-3-4-9-19/h5-6,10,18H,2-4,7-9,11-12H2,1H3. The van der Waals surface area contributed by atoms with E-state index in [-0.39, 0.29) is 12.5 Å². The number of benzene rings is 1. The Kier molecular flexibility index (Phi) is 6.51. The molecule has 1 aliphatic rings. The smallest absolute Gasteiger partial charge is 0.260 e. The van der Waals surface area contributed by atoms with Gasteiger partial charge >= 0.3 is 0 Å². The van der Waals surface area contributed by atoms with Crippen LogP contribution in [0.5, 0.6) is 5.75 Å². The number of nitrogens with one attached hydrogen (secondary N) is 1. The summed E-state index contributed by atoms with van der Waals surface area (Å²) in [7, 11) is 0. The highest BCUT2D eigenvalue weighted by molar-refractivity contribution is 9.10. The molecule has 1 aromatic rings. The van der Waals surface area contributed by atoms with Crippen LogP contribution in [-0.4, -0.2) is 37.0 Å². The summed E-state index contributed by atoms with van der Waals surface area (Å²) in [5, 5.41) is 3.36. The Morgan fingerprint density at radius 2 is 2.14 bits per heavy atom. The maximum atomic E-state index is 11.9. The molecule has 0 atom stereocenters. The van der Waals surface area contributed by atoms with Gasteiger partial charge < -0.3 is 15.0 Å². The molecule has 1 aromatic carbocycles. The van der Waals surface area contributed by atoms with Gasteiger partial charge in [0.05, 0.1) is 4.47 Å². The van der Waals surface area contributed by atoms with Crippen molar-refractivity contribution in [3.05, 3.63) is 28.2 Å². The Morgan fingerprint density at radius 3 is 2.81 bits per heavy atom. The van der Waals surface area contributed by atoms with Crippen LogP contribution in [0, 0.1) is 0 Å². The summed E-state index contributed by atoms with van der Waals surface area (Å²) >= 11 is 3.51. The summed E-state index contributed by atoms with van der Waals surface area (Å²) in [6, 6.07) is 5.99. The van der Waals surface area contributed by atoms with Crippen molar-refractivity contribution < 1.29 is 9.53 Å². The lowest BCUT2D eigenvalue weighted by Crippen LogP contribution is -2.32. The van der Waals surface area contributed by atoms with Crippen molar-refractivity contribution in [2.45, 2.75) is 32.7 Å². The van der Waals surface area contributed by atoms with E-state index in [2.05, 4.69) is 28.2 Å². The topological polar surface area (TPSA) is 41.6 Å². The third-order valence-electron chi connectivity index (χ3n) is 3.56. The molecule has 0 spiro atoms. The van der Waals surface area contributed by atoms with Gasteiger partial charge in [-0.1, -0.05) is 13.0 Å². The van der Waals surface area contributed by atoms with E-state index >= 15 is 0 Å². The molecule has 0 radical (unpaired) electrons. The molecule has 21 heavy (non-hydrogen) atoms. The summed E-state index contributed by atoms with van der Waals surface area (Å²) in [6.07, 6.45) is 3.34. The molecule has 116 valence electrons. The average Bonchev–Trinajstić information content (AvgIpc) is 3.00. The predicted octanol–water partition coefficient (Wildman–Crippen LogP) is 2.95. The number of amides is 1. The SMILES string of the molecule is CCCNCc1ccc(OCC(=O)N2CCCC2)c(Br)c1. The molecule has 0 unspecified atom stereocenters. The van der Waals surface area contributed by atoms with Crippen molar-refractivity contribution in [1.29, 1.82) is 0 Å². The maximum Gasteiger partial charge on any atom is 0.260 e. The number of hydrogen-bond donors (Lipinski definition) is 1. The number of rotatable bonds is 7. The highest BCUT2D eigenvalue weighted by Gasteiger charge is 2.18. The largest absolute Gasteiger partial charge is 0.483 e. The lowest BCUT2D eigenvalue weighted by Gasteiger charge is -2.16. The van der Waals surface area contributed by atoms with Crippen LogP contribution in [0.1, 0.15) is 31.7 Å². The number of ether oxygens (including phenoxy) is 1. The molecule has 1 amide bonds. The molecular formula is C16H23BrN2O2. The third kappa shape index (κ3) is 5.00. The summed E-state index contributed by atoms with van der Waals surface area (Å²) in [5.74, 6) is 0.801. The summed E-state index contributed by atoms with van der Waals surface area (Å²) in [5.41, 5.74) is 1.20. The second-order valence-corrected chi connectivity index (χ2v) is 6.17. The Labute approximate surface area is 135 Å². The van der Waals surface area contributed by atoms with Crippen LogP contribution in [0.15, 0.2) is 22.7 Å². The van der Waals surface area contributed by atoms with E-state index in [0.29, 0.717) is 0 Å². The van der Waals surface area contributed by atoms with Gasteiger partial charge in [0.15, 0.2) is 6.61 Å². The van der Waals surface area contributed by atoms with Gasteiger partial charge in [0, 0.05) is 19.6 Å². The Morgan fingerprint density at radius 1 is 1.38 bits per heavy atom. The molecule has 0 bridgehead atoms. The Bertz CT molecular complexity index is 473. The molecule has 0 saturated carbocycles. The first kappa shape index (κ1) is 16.3. The molecule has 1 fully saturated rings. The zero-order chi connectivity index (χ0) is 15.1. The van der Waals surface area contributed by atoms with Crippen molar-refractivity contribution >= 4 is 21.8 Å². The average molecular weight is 355 g/mol. The van der Waals surface area contributed by atoms with Crippen LogP contribution in [0.25, 0.3) is 0 Å². The highest BCUT2D eigenvalue weighted by atomic mass is 79.9. The van der Waals surface area contributed by atoms with Crippen LogP contribution < -0.4 is 10.1 Å². The van der Waals surface area contributed by atoms with Crippen molar-refractivity contribution in [3.63, 3.8) is 0 Å². The maximum absolute atomic E-state index is 11.9. The van der Waals surface area contributed by atoms with Crippen molar-refractivity contribution in [2.24, 2.45) is 0 Å². The van der Waals surface area contributed by atoms with Crippen LogP contribution >= 0.6 is 15.9 Å². The Hall–Kier alpha value is -1.07. The van der Waals surface area contributed by atoms with Gasteiger partial charge in [-0.3, -0.25) is 4.79 Å². The van der Waals surface area contributed by atoms with E-state index in [9.17, 15) is 4.79 Å². The molecular weight excluding hydrogens is 332 g/mol. The Balaban J connectivity index is 1.84. The van der Waals surface area contributed by atoms with Crippen molar-refractivity contribution in [2.75, 3.05) is 26.2 Å². The number of likely N-dealkylation sites (tertiary alicyclic amines) is 1. The second kappa shape index (κ2) is 8.39. The third-order valence-corrected chi connectivity index (χ3v) is 4.18. The first-order valence-electron chi connectivity index (χ1n) is 7.60. The van der Waals surface area contributed by atoms with E-state index < -0.39 is 0 Å². The van der Waals surface area contributed by atoms with Crippen LogP contribution in [-0.2, 0) is 11.3 Å². The van der Waals surface area contributed by atoms with Crippen LogP contribution in [0.3, 0.4) is 0 Å². The van der Waals surface area contributed by atoms with E-state index in [1.54, 1.807) is 0 Å². The van der Waals surface area contributed by atoms with Gasteiger partial charge in [-0.05, 0) is 59.4 Å². The number of hydrogen-bond acceptors (Lipinski definition) is 3. The highest BCUT2D eigenvalue weighted by Crippen LogP contribution is 2.26. The van der Waals surface area contributed by atoms with E-state index in [0.717, 1.165) is 55.7 Å². The molecule has 5 heteroatoms. The number of nitrogens with zero attached hydrogens (tertiary/aromatic N) is 1. The lowest BCUT2D eigenvalue weighted by molar-refractivity contribution is -0.132. The van der Waals surface area contributed by atoms with Gasteiger partial charge in [-0.2, -0.15) is 0 Å². The quantitative estimate of drug-likeness (QED) is 0.765. The normalized spacial score (nSPS) is 14.5. The molecule has 0 aromatic heterocycles. The minimum Gasteiger partial charge on any atom is -0.483 e. The minimum atomic E-state index is 0.0769. The van der Waals surface area contributed by atoms with Crippen molar-refractivity contribution in [1.82, 2.24) is 10.2 Å². The number of carbonyl (C=O) groups is 1. The first-order chi connectivity index (χ1) is 10.2. The van der Waals surface area contributed by atoms with Crippen molar-refractivity contribution in [3.8, 4) is 5.75 Å². The van der Waals surface area contributed by atoms with E-state index in [4.69, 9.17) is 4.74 Å². The fourth-order valence-electron chi connectivity index (χ4n) is 2.38. The summed E-state index contributed by atoms with van der Waals surface area (Å²) in [6.45, 7) is 5.86. The second-order valence-electron chi connectivity index (χ2n) is 5.32. The van der Waals surface area contributed by atoms with Gasteiger partial charge in [-0.15, -0.1) is 0 Å². The zero-order valence-electron chi connectivity index (χ0n) is 12.5. The van der Waals surface area contributed by atoms with Gasteiger partial charge in [0.1, 0.15) is 5.75 Å². The zero-order valence-corrected chi connectivity index (χ0v) is 14.1. The number of carbonyl (C=O) groups excluding carboxylic acids is 1. The molecule has 1 aliphatic heterocycles. The first-order valence-corrected chi connectivity index (χ1v) is 8.39. The molecule has 1 saturated heterocycles. The van der Waals surface area contributed by atoms with E-state index in [1.165, 1.54) is 5.56 Å². The van der Waals surface area contributed by atoms with Gasteiger partial charge in [0.25, 0.3) is 5.91 Å². The van der Waals surface area contributed by atoms with E-state index in [1.807, 2.05) is 23.1 Å². The summed E-state index contributed by atoms with van der Waals surface area (Å²) in [4.78, 5) is 13.8. The predicted molar refractivity (Wildman–Crippen MR) is 87.4 cm³/mol. The molecule has 0 aliphatic carbocycles. The summed E-state index contributed by atoms with van der Waals surface area (Å²) < 4.78 is 6.53. The molecule has 2 rings (SSSR count). The van der Waals surface area contributed by atoms with Gasteiger partial charge in [-0.25, -0.2) is 0 Å². The fourth-order valence-corrected chi connectivity index (χ4v) is 2.92. The minimum absolute atomic E-state index is 0.0769. The molecule has 1 heterocycles. The van der Waals surface area contributed by atoms with Gasteiger partial charge in [0.2, 0.25) is 0 Å². The van der Waals surface area contributed by atoms with Crippen LogP contribution in [0.4, 0.5) is 0 Å².